The maximum atomic E-state index is 10.7. The standard InChI is InChI=1S/C17H33NO2/c1-13(2)15-7-5-8-16(11-10-15)18(14(3)4)12-6-9-17(19)20/h13-16H,5-12H2,1-4H3,(H,19,20). The summed E-state index contributed by atoms with van der Waals surface area (Å²) in [5.74, 6) is 1.01. The molecule has 0 radical (unpaired) electrons. The normalized spacial score (nSPS) is 24.4. The molecule has 1 fully saturated rings. The van der Waals surface area contributed by atoms with Crippen LogP contribution in [0.3, 0.4) is 0 Å². The number of hydrogen-bond acceptors (Lipinski definition) is 2. The fraction of sp³-hybridized carbons (Fsp3) is 0.941. The molecule has 0 bridgehead atoms. The Balaban J connectivity index is 2.51. The molecule has 1 saturated carbocycles. The first-order valence-corrected chi connectivity index (χ1v) is 8.39. The molecule has 1 aliphatic rings. The minimum atomic E-state index is -0.672. The third kappa shape index (κ3) is 5.82. The van der Waals surface area contributed by atoms with Gasteiger partial charge in [-0.15, -0.1) is 0 Å². The summed E-state index contributed by atoms with van der Waals surface area (Å²) in [6.07, 6.45) is 7.68. The van der Waals surface area contributed by atoms with Crippen molar-refractivity contribution in [3.05, 3.63) is 0 Å². The molecule has 0 aromatic heterocycles. The van der Waals surface area contributed by atoms with Crippen molar-refractivity contribution in [1.29, 1.82) is 0 Å². The van der Waals surface area contributed by atoms with Crippen molar-refractivity contribution in [2.45, 2.75) is 84.7 Å². The van der Waals surface area contributed by atoms with Gasteiger partial charge >= 0.3 is 5.97 Å². The van der Waals surface area contributed by atoms with Gasteiger partial charge in [0.15, 0.2) is 0 Å². The monoisotopic (exact) mass is 283 g/mol. The Hall–Kier alpha value is -0.570. The molecule has 0 aliphatic heterocycles. The topological polar surface area (TPSA) is 40.5 Å². The summed E-state index contributed by atoms with van der Waals surface area (Å²) in [5.41, 5.74) is 0. The molecule has 0 amide bonds. The largest absolute Gasteiger partial charge is 0.481 e. The zero-order chi connectivity index (χ0) is 15.1. The quantitative estimate of drug-likeness (QED) is 0.713. The minimum Gasteiger partial charge on any atom is -0.481 e. The smallest absolute Gasteiger partial charge is 0.303 e. The number of hydrogen-bond donors (Lipinski definition) is 1. The highest BCUT2D eigenvalue weighted by molar-refractivity contribution is 5.66. The molecule has 0 heterocycles. The van der Waals surface area contributed by atoms with E-state index in [0.717, 1.165) is 24.8 Å². The molecule has 0 aromatic carbocycles. The van der Waals surface area contributed by atoms with Crippen molar-refractivity contribution in [1.82, 2.24) is 4.90 Å². The number of carboxylic acid groups (broad SMARTS) is 1. The second-order valence-electron chi connectivity index (χ2n) is 7.00. The van der Waals surface area contributed by atoms with Gasteiger partial charge in [-0.2, -0.15) is 0 Å². The van der Waals surface area contributed by atoms with Crippen molar-refractivity contribution >= 4 is 5.97 Å². The third-order valence-electron chi connectivity index (χ3n) is 4.87. The predicted octanol–water partition coefficient (Wildman–Crippen LogP) is 4.17. The molecule has 0 saturated heterocycles. The Bertz CT molecular complexity index is 289. The summed E-state index contributed by atoms with van der Waals surface area (Å²) < 4.78 is 0. The molecule has 0 spiro atoms. The number of carbonyl (C=O) groups is 1. The Morgan fingerprint density at radius 1 is 1.15 bits per heavy atom. The molecule has 20 heavy (non-hydrogen) atoms. The summed E-state index contributed by atoms with van der Waals surface area (Å²) in [4.78, 5) is 13.2. The SMILES string of the molecule is CC(C)C1CCCC(N(CCCC(=O)O)C(C)C)CC1. The first-order chi connectivity index (χ1) is 9.41. The summed E-state index contributed by atoms with van der Waals surface area (Å²) in [5, 5.41) is 8.80. The minimum absolute atomic E-state index is 0.296. The highest BCUT2D eigenvalue weighted by Crippen LogP contribution is 2.31. The van der Waals surface area contributed by atoms with Gasteiger partial charge in [-0.25, -0.2) is 0 Å². The lowest BCUT2D eigenvalue weighted by Gasteiger charge is -2.34. The summed E-state index contributed by atoms with van der Waals surface area (Å²) >= 11 is 0. The lowest BCUT2D eigenvalue weighted by Crippen LogP contribution is -2.41. The van der Waals surface area contributed by atoms with Gasteiger partial charge in [-0.1, -0.05) is 26.7 Å². The zero-order valence-electron chi connectivity index (χ0n) is 13.8. The molecule has 1 aliphatic carbocycles. The second-order valence-corrected chi connectivity index (χ2v) is 7.00. The van der Waals surface area contributed by atoms with Crippen LogP contribution in [0.1, 0.15) is 72.6 Å². The molecule has 0 aromatic rings. The van der Waals surface area contributed by atoms with Crippen LogP contribution in [0.4, 0.5) is 0 Å². The average Bonchev–Trinajstić information content (AvgIpc) is 2.59. The maximum absolute atomic E-state index is 10.7. The second kappa shape index (κ2) is 8.66. The van der Waals surface area contributed by atoms with Crippen LogP contribution in [0.5, 0.6) is 0 Å². The van der Waals surface area contributed by atoms with Crippen LogP contribution in [0, 0.1) is 11.8 Å². The van der Waals surface area contributed by atoms with Crippen molar-refractivity contribution in [2.24, 2.45) is 11.8 Å². The van der Waals surface area contributed by atoms with E-state index in [4.69, 9.17) is 5.11 Å². The molecular formula is C17H33NO2. The van der Waals surface area contributed by atoms with E-state index in [2.05, 4.69) is 32.6 Å². The van der Waals surface area contributed by atoms with Gasteiger partial charge in [0.05, 0.1) is 0 Å². The average molecular weight is 283 g/mol. The number of nitrogens with zero attached hydrogens (tertiary/aromatic N) is 1. The van der Waals surface area contributed by atoms with Crippen LogP contribution in [-0.2, 0) is 4.79 Å². The van der Waals surface area contributed by atoms with Crippen LogP contribution >= 0.6 is 0 Å². The van der Waals surface area contributed by atoms with E-state index >= 15 is 0 Å². The molecule has 3 nitrogen and oxygen atoms in total. The molecule has 2 atom stereocenters. The van der Waals surface area contributed by atoms with Crippen LogP contribution < -0.4 is 0 Å². The molecule has 2 unspecified atom stereocenters. The van der Waals surface area contributed by atoms with E-state index in [1.807, 2.05) is 0 Å². The van der Waals surface area contributed by atoms with Gasteiger partial charge in [-0.05, 0) is 57.9 Å². The maximum Gasteiger partial charge on any atom is 0.303 e. The van der Waals surface area contributed by atoms with Crippen LogP contribution in [0.2, 0.25) is 0 Å². The van der Waals surface area contributed by atoms with Crippen molar-refractivity contribution in [3.8, 4) is 0 Å². The summed E-state index contributed by atoms with van der Waals surface area (Å²) in [7, 11) is 0. The van der Waals surface area contributed by atoms with E-state index < -0.39 is 5.97 Å². The molecule has 3 heteroatoms. The third-order valence-corrected chi connectivity index (χ3v) is 4.87. The van der Waals surface area contributed by atoms with E-state index in [0.29, 0.717) is 18.5 Å². The fourth-order valence-electron chi connectivity index (χ4n) is 3.58. The van der Waals surface area contributed by atoms with Crippen molar-refractivity contribution in [2.75, 3.05) is 6.54 Å². The van der Waals surface area contributed by atoms with E-state index in [1.54, 1.807) is 0 Å². The van der Waals surface area contributed by atoms with Gasteiger partial charge in [0.1, 0.15) is 0 Å². The van der Waals surface area contributed by atoms with Crippen molar-refractivity contribution in [3.63, 3.8) is 0 Å². The van der Waals surface area contributed by atoms with Crippen molar-refractivity contribution < 1.29 is 9.90 Å². The first kappa shape index (κ1) is 17.5. The summed E-state index contributed by atoms with van der Waals surface area (Å²) in [6, 6.07) is 1.18. The first-order valence-electron chi connectivity index (χ1n) is 8.39. The Kier molecular flexibility index (Phi) is 7.57. The van der Waals surface area contributed by atoms with Gasteiger partial charge in [0.25, 0.3) is 0 Å². The Labute approximate surface area is 124 Å². The molecule has 118 valence electrons. The number of aliphatic carboxylic acids is 1. The van der Waals surface area contributed by atoms with Crippen LogP contribution in [0.15, 0.2) is 0 Å². The fourth-order valence-corrected chi connectivity index (χ4v) is 3.58. The number of carboxylic acids is 1. The number of rotatable bonds is 7. The van der Waals surface area contributed by atoms with Crippen LogP contribution in [-0.4, -0.2) is 34.6 Å². The van der Waals surface area contributed by atoms with E-state index in [9.17, 15) is 4.79 Å². The lowest BCUT2D eigenvalue weighted by molar-refractivity contribution is -0.137. The molecule has 1 N–H and O–H groups in total. The zero-order valence-corrected chi connectivity index (χ0v) is 13.8. The molecular weight excluding hydrogens is 250 g/mol. The summed E-state index contributed by atoms with van der Waals surface area (Å²) in [6.45, 7) is 10.1. The van der Waals surface area contributed by atoms with E-state index in [-0.39, 0.29) is 0 Å². The highest BCUT2D eigenvalue weighted by atomic mass is 16.4. The van der Waals surface area contributed by atoms with Gasteiger partial charge in [-0.3, -0.25) is 9.69 Å². The van der Waals surface area contributed by atoms with Gasteiger partial charge in [0, 0.05) is 18.5 Å². The predicted molar refractivity (Wildman–Crippen MR) is 83.9 cm³/mol. The highest BCUT2D eigenvalue weighted by Gasteiger charge is 2.26. The van der Waals surface area contributed by atoms with E-state index in [1.165, 1.54) is 32.1 Å². The van der Waals surface area contributed by atoms with Crippen LogP contribution in [0.25, 0.3) is 0 Å². The lowest BCUT2D eigenvalue weighted by atomic mass is 9.89. The molecule has 1 rings (SSSR count). The van der Waals surface area contributed by atoms with Gasteiger partial charge in [0.2, 0.25) is 0 Å². The Morgan fingerprint density at radius 3 is 2.40 bits per heavy atom. The Morgan fingerprint density at radius 2 is 1.85 bits per heavy atom. The van der Waals surface area contributed by atoms with Gasteiger partial charge < -0.3 is 5.11 Å².